The third-order valence-electron chi connectivity index (χ3n) is 2.72. The third kappa shape index (κ3) is 3.70. The molecule has 0 saturated heterocycles. The van der Waals surface area contributed by atoms with E-state index in [9.17, 15) is 18.0 Å². The normalized spacial score (nSPS) is 10.9. The molecular weight excluding hydrogens is 257 g/mol. The molecule has 6 heteroatoms. The molecule has 2 N–H and O–H groups in total. The lowest BCUT2D eigenvalue weighted by Crippen LogP contribution is -2.38. The molecule has 1 aromatic rings. The van der Waals surface area contributed by atoms with E-state index in [4.69, 9.17) is 5.73 Å². The molecule has 0 aliphatic rings. The average molecular weight is 274 g/mol. The molecule has 0 aliphatic carbocycles. The summed E-state index contributed by atoms with van der Waals surface area (Å²) < 4.78 is 39.1. The van der Waals surface area contributed by atoms with Gasteiger partial charge in [-0.25, -0.2) is 13.2 Å². The van der Waals surface area contributed by atoms with E-state index in [1.54, 1.807) is 13.8 Å². The highest BCUT2D eigenvalue weighted by Crippen LogP contribution is 2.16. The molecule has 0 bridgehead atoms. The molecule has 1 rings (SSSR count). The molecule has 0 heterocycles. The van der Waals surface area contributed by atoms with Crippen LogP contribution in [-0.4, -0.2) is 29.9 Å². The Morgan fingerprint density at radius 2 is 1.79 bits per heavy atom. The molecule has 0 aliphatic heterocycles. The summed E-state index contributed by atoms with van der Waals surface area (Å²) >= 11 is 0. The fourth-order valence-corrected chi connectivity index (χ4v) is 1.70. The molecule has 0 fully saturated rings. The second-order valence-electron chi connectivity index (χ2n) is 4.49. The van der Waals surface area contributed by atoms with Gasteiger partial charge in [0.1, 0.15) is 0 Å². The molecule has 0 saturated carbocycles. The van der Waals surface area contributed by atoms with Crippen molar-refractivity contribution in [1.29, 1.82) is 0 Å². The van der Waals surface area contributed by atoms with E-state index in [1.165, 1.54) is 4.90 Å². The van der Waals surface area contributed by atoms with Gasteiger partial charge in [0.2, 0.25) is 0 Å². The molecule has 3 nitrogen and oxygen atoms in total. The second-order valence-corrected chi connectivity index (χ2v) is 4.49. The van der Waals surface area contributed by atoms with Gasteiger partial charge in [-0.15, -0.1) is 0 Å². The highest BCUT2D eigenvalue weighted by Gasteiger charge is 2.21. The summed E-state index contributed by atoms with van der Waals surface area (Å²) in [6, 6.07) is 1.27. The van der Waals surface area contributed by atoms with Gasteiger partial charge in [0, 0.05) is 18.2 Å². The number of hydrogen-bond acceptors (Lipinski definition) is 2. The molecule has 0 unspecified atom stereocenters. The van der Waals surface area contributed by atoms with Gasteiger partial charge in [-0.1, -0.05) is 0 Å². The highest BCUT2D eigenvalue weighted by atomic mass is 19.2. The highest BCUT2D eigenvalue weighted by molar-refractivity contribution is 5.94. The van der Waals surface area contributed by atoms with Gasteiger partial charge >= 0.3 is 0 Å². The van der Waals surface area contributed by atoms with Gasteiger partial charge in [0.15, 0.2) is 17.5 Å². The van der Waals surface area contributed by atoms with Crippen molar-refractivity contribution >= 4 is 5.91 Å². The van der Waals surface area contributed by atoms with Crippen LogP contribution < -0.4 is 5.73 Å². The van der Waals surface area contributed by atoms with Gasteiger partial charge in [0.25, 0.3) is 5.91 Å². The lowest BCUT2D eigenvalue weighted by atomic mass is 10.1. The van der Waals surface area contributed by atoms with Gasteiger partial charge in [0.05, 0.1) is 0 Å². The van der Waals surface area contributed by atoms with Gasteiger partial charge in [-0.3, -0.25) is 4.79 Å². The van der Waals surface area contributed by atoms with Crippen molar-refractivity contribution in [2.24, 2.45) is 5.73 Å². The summed E-state index contributed by atoms with van der Waals surface area (Å²) in [5.74, 6) is -4.85. The smallest absolute Gasteiger partial charge is 0.254 e. The molecule has 106 valence electrons. The number of benzene rings is 1. The maximum absolute atomic E-state index is 13.1. The molecule has 1 amide bonds. The Morgan fingerprint density at radius 1 is 1.26 bits per heavy atom. The molecule has 0 spiro atoms. The van der Waals surface area contributed by atoms with Crippen LogP contribution >= 0.6 is 0 Å². The number of nitrogens with two attached hydrogens (primary N) is 1. The summed E-state index contributed by atoms with van der Waals surface area (Å²) in [6.45, 7) is 4.35. The number of nitrogens with zero attached hydrogens (tertiary/aromatic N) is 1. The maximum Gasteiger partial charge on any atom is 0.254 e. The van der Waals surface area contributed by atoms with Crippen LogP contribution in [0.1, 0.15) is 30.6 Å². The van der Waals surface area contributed by atoms with E-state index in [1.807, 2.05) is 0 Å². The lowest BCUT2D eigenvalue weighted by molar-refractivity contribution is 0.0703. The summed E-state index contributed by atoms with van der Waals surface area (Å²) in [5.41, 5.74) is 5.17. The van der Waals surface area contributed by atoms with E-state index >= 15 is 0 Å². The van der Waals surface area contributed by atoms with Crippen molar-refractivity contribution in [3.63, 3.8) is 0 Å². The van der Waals surface area contributed by atoms with Crippen LogP contribution in [0, 0.1) is 17.5 Å². The van der Waals surface area contributed by atoms with E-state index in [2.05, 4.69) is 0 Å². The molecule has 0 radical (unpaired) electrons. The monoisotopic (exact) mass is 274 g/mol. The molecule has 19 heavy (non-hydrogen) atoms. The second kappa shape index (κ2) is 6.56. The summed E-state index contributed by atoms with van der Waals surface area (Å²) in [6.07, 6.45) is 0.579. The zero-order valence-electron chi connectivity index (χ0n) is 10.9. The van der Waals surface area contributed by atoms with Crippen LogP contribution in [-0.2, 0) is 0 Å². The van der Waals surface area contributed by atoms with Crippen molar-refractivity contribution in [1.82, 2.24) is 4.90 Å². The minimum absolute atomic E-state index is 0.143. The Hall–Kier alpha value is -1.56. The van der Waals surface area contributed by atoms with Crippen molar-refractivity contribution in [3.8, 4) is 0 Å². The van der Waals surface area contributed by atoms with Crippen molar-refractivity contribution in [3.05, 3.63) is 35.1 Å². The topological polar surface area (TPSA) is 46.3 Å². The van der Waals surface area contributed by atoms with Crippen LogP contribution in [0.4, 0.5) is 13.2 Å². The quantitative estimate of drug-likeness (QED) is 0.837. The van der Waals surface area contributed by atoms with E-state index in [-0.39, 0.29) is 11.6 Å². The fourth-order valence-electron chi connectivity index (χ4n) is 1.70. The maximum atomic E-state index is 13.1. The first kappa shape index (κ1) is 15.5. The van der Waals surface area contributed by atoms with E-state index in [0.29, 0.717) is 31.6 Å². The van der Waals surface area contributed by atoms with E-state index in [0.717, 1.165) is 0 Å². The predicted molar refractivity (Wildman–Crippen MR) is 66.2 cm³/mol. The van der Waals surface area contributed by atoms with Gasteiger partial charge in [-0.2, -0.15) is 0 Å². The number of rotatable bonds is 5. The van der Waals surface area contributed by atoms with E-state index < -0.39 is 23.4 Å². The Labute approximate surface area is 110 Å². The van der Waals surface area contributed by atoms with Gasteiger partial charge < -0.3 is 10.6 Å². The first-order chi connectivity index (χ1) is 8.88. The molecule has 0 aromatic heterocycles. The number of hydrogen-bond donors (Lipinski definition) is 1. The average Bonchev–Trinajstić information content (AvgIpc) is 2.35. The Balaban J connectivity index is 3.03. The van der Waals surface area contributed by atoms with Crippen LogP contribution in [0.3, 0.4) is 0 Å². The zero-order valence-corrected chi connectivity index (χ0v) is 10.9. The molecule has 1 aromatic carbocycles. The number of carbonyl (C=O) groups excluding carboxylic acids is 1. The first-order valence-electron chi connectivity index (χ1n) is 6.04. The minimum atomic E-state index is -1.57. The standard InChI is InChI=1S/C13H17F3N2O/c1-8(2)18(5-3-4-17)13(19)9-6-10(14)12(16)11(15)7-9/h6-8H,3-5,17H2,1-2H3. The number of halogens is 3. The lowest BCUT2D eigenvalue weighted by Gasteiger charge is -2.26. The largest absolute Gasteiger partial charge is 0.336 e. The molecular formula is C13H17F3N2O. The van der Waals surface area contributed by atoms with Crippen LogP contribution in [0.2, 0.25) is 0 Å². The minimum Gasteiger partial charge on any atom is -0.336 e. The van der Waals surface area contributed by atoms with Crippen molar-refractivity contribution < 1.29 is 18.0 Å². The number of amides is 1. The zero-order chi connectivity index (χ0) is 14.6. The van der Waals surface area contributed by atoms with Crippen molar-refractivity contribution in [2.45, 2.75) is 26.3 Å². The SMILES string of the molecule is CC(C)N(CCCN)C(=O)c1cc(F)c(F)c(F)c1. The van der Waals surface area contributed by atoms with Crippen LogP contribution in [0.15, 0.2) is 12.1 Å². The van der Waals surface area contributed by atoms with Crippen LogP contribution in [0.25, 0.3) is 0 Å². The summed E-state index contributed by atoms with van der Waals surface area (Å²) in [5, 5.41) is 0. The first-order valence-corrected chi connectivity index (χ1v) is 6.04. The van der Waals surface area contributed by atoms with Crippen molar-refractivity contribution in [2.75, 3.05) is 13.1 Å². The predicted octanol–water partition coefficient (Wildman–Crippen LogP) is 2.30. The van der Waals surface area contributed by atoms with Crippen LogP contribution in [0.5, 0.6) is 0 Å². The number of carbonyl (C=O) groups is 1. The molecule has 0 atom stereocenters. The summed E-state index contributed by atoms with van der Waals surface area (Å²) in [7, 11) is 0. The Kier molecular flexibility index (Phi) is 5.35. The fraction of sp³-hybridized carbons (Fsp3) is 0.462. The summed E-state index contributed by atoms with van der Waals surface area (Å²) in [4.78, 5) is 13.6. The Morgan fingerprint density at radius 3 is 2.21 bits per heavy atom. The Bertz CT molecular complexity index is 440. The third-order valence-corrected chi connectivity index (χ3v) is 2.72. The van der Waals surface area contributed by atoms with Gasteiger partial charge in [-0.05, 0) is 38.9 Å².